The third kappa shape index (κ3) is 5.32. The van der Waals surface area contributed by atoms with Gasteiger partial charge in [0.1, 0.15) is 12.4 Å². The van der Waals surface area contributed by atoms with Gasteiger partial charge in [-0.25, -0.2) is 0 Å². The number of aromatic nitrogens is 2. The highest BCUT2D eigenvalue weighted by molar-refractivity contribution is 6.30. The maximum atomic E-state index is 12.9. The molecular weight excluding hydrogens is 446 g/mol. The molecular formula is C28H28ClN3O2. The van der Waals surface area contributed by atoms with E-state index in [0.717, 1.165) is 45.1 Å². The molecule has 0 aliphatic carbocycles. The number of ether oxygens (including phenoxy) is 1. The molecule has 0 atom stereocenters. The van der Waals surface area contributed by atoms with Crippen LogP contribution in [0.1, 0.15) is 44.0 Å². The molecule has 34 heavy (non-hydrogen) atoms. The lowest BCUT2D eigenvalue weighted by Gasteiger charge is -2.12. The molecule has 0 unspecified atom stereocenters. The second-order valence-corrected chi connectivity index (χ2v) is 8.93. The van der Waals surface area contributed by atoms with Gasteiger partial charge in [-0.2, -0.15) is 5.10 Å². The molecule has 0 saturated carbocycles. The number of amides is 1. The third-order valence-corrected chi connectivity index (χ3v) is 6.08. The standard InChI is InChI=1S/C28H28ClN3O2/c1-18-7-5-8-19(2)27(18)34-17-22-11-13-24(14-12-22)28(33)30-26-20(3)31-32(21(26)4)16-23-9-6-10-25(29)15-23/h5-15H,16-17H2,1-4H3,(H,30,33). The van der Waals surface area contributed by atoms with Crippen molar-refractivity contribution in [3.8, 4) is 5.75 Å². The van der Waals surface area contributed by atoms with Gasteiger partial charge < -0.3 is 10.1 Å². The Hall–Kier alpha value is -3.57. The van der Waals surface area contributed by atoms with Crippen molar-refractivity contribution in [2.75, 3.05) is 5.32 Å². The number of rotatable bonds is 7. The van der Waals surface area contributed by atoms with Gasteiger partial charge in [0.05, 0.1) is 23.6 Å². The summed E-state index contributed by atoms with van der Waals surface area (Å²) in [5.74, 6) is 0.737. The predicted octanol–water partition coefficient (Wildman–Crippen LogP) is 6.65. The van der Waals surface area contributed by atoms with Crippen molar-refractivity contribution in [3.05, 3.63) is 111 Å². The molecule has 1 amide bonds. The lowest BCUT2D eigenvalue weighted by atomic mass is 10.1. The molecule has 0 aliphatic heterocycles. The highest BCUT2D eigenvalue weighted by Gasteiger charge is 2.16. The van der Waals surface area contributed by atoms with E-state index in [1.165, 1.54) is 0 Å². The second-order valence-electron chi connectivity index (χ2n) is 8.49. The first-order valence-electron chi connectivity index (χ1n) is 11.2. The van der Waals surface area contributed by atoms with Crippen molar-refractivity contribution in [2.24, 2.45) is 0 Å². The maximum absolute atomic E-state index is 12.9. The molecule has 0 spiro atoms. The van der Waals surface area contributed by atoms with Crippen molar-refractivity contribution >= 4 is 23.2 Å². The summed E-state index contributed by atoms with van der Waals surface area (Å²) >= 11 is 6.11. The third-order valence-electron chi connectivity index (χ3n) is 5.85. The summed E-state index contributed by atoms with van der Waals surface area (Å²) in [6, 6.07) is 21.3. The SMILES string of the molecule is Cc1cccc(C)c1OCc1ccc(C(=O)Nc2c(C)nn(Cc3cccc(Cl)c3)c2C)cc1. The zero-order chi connectivity index (χ0) is 24.2. The van der Waals surface area contributed by atoms with E-state index < -0.39 is 0 Å². The first-order valence-corrected chi connectivity index (χ1v) is 11.6. The Morgan fingerprint density at radius 1 is 0.941 bits per heavy atom. The summed E-state index contributed by atoms with van der Waals surface area (Å²) in [7, 11) is 0. The zero-order valence-corrected chi connectivity index (χ0v) is 20.6. The minimum Gasteiger partial charge on any atom is -0.488 e. The number of aryl methyl sites for hydroxylation is 3. The number of para-hydroxylation sites is 1. The number of carbonyl (C=O) groups excluding carboxylic acids is 1. The van der Waals surface area contributed by atoms with Crippen LogP contribution in [0.25, 0.3) is 0 Å². The summed E-state index contributed by atoms with van der Waals surface area (Å²) in [5, 5.41) is 8.32. The molecule has 1 heterocycles. The molecule has 0 saturated heterocycles. The minimum absolute atomic E-state index is 0.171. The highest BCUT2D eigenvalue weighted by atomic mass is 35.5. The Labute approximate surface area is 205 Å². The Kier molecular flexibility index (Phi) is 7.03. The van der Waals surface area contributed by atoms with E-state index in [0.29, 0.717) is 23.7 Å². The molecule has 0 aliphatic rings. The molecule has 5 nitrogen and oxygen atoms in total. The number of benzene rings is 3. The molecule has 3 aromatic carbocycles. The normalized spacial score (nSPS) is 10.9. The molecule has 6 heteroatoms. The van der Waals surface area contributed by atoms with E-state index in [1.54, 1.807) is 0 Å². The molecule has 1 N–H and O–H groups in total. The topological polar surface area (TPSA) is 56.1 Å². The summed E-state index contributed by atoms with van der Waals surface area (Å²) in [4.78, 5) is 12.9. The average molecular weight is 474 g/mol. The monoisotopic (exact) mass is 473 g/mol. The fraction of sp³-hybridized carbons (Fsp3) is 0.214. The first-order chi connectivity index (χ1) is 16.3. The van der Waals surface area contributed by atoms with Gasteiger partial charge in [0, 0.05) is 10.6 Å². The zero-order valence-electron chi connectivity index (χ0n) is 19.9. The van der Waals surface area contributed by atoms with E-state index in [2.05, 4.69) is 10.4 Å². The smallest absolute Gasteiger partial charge is 0.255 e. The van der Waals surface area contributed by atoms with Crippen molar-refractivity contribution in [1.82, 2.24) is 9.78 Å². The number of halogens is 1. The Bertz CT molecular complexity index is 1310. The van der Waals surface area contributed by atoms with E-state index in [4.69, 9.17) is 16.3 Å². The van der Waals surface area contributed by atoms with Gasteiger partial charge in [0.2, 0.25) is 0 Å². The number of hydrogen-bond donors (Lipinski definition) is 1. The van der Waals surface area contributed by atoms with Gasteiger partial charge in [-0.15, -0.1) is 0 Å². The lowest BCUT2D eigenvalue weighted by molar-refractivity contribution is 0.102. The number of nitrogens with one attached hydrogen (secondary N) is 1. The number of nitrogens with zero attached hydrogens (tertiary/aromatic N) is 2. The quantitative estimate of drug-likeness (QED) is 0.327. The summed E-state index contributed by atoms with van der Waals surface area (Å²) in [6.45, 7) is 8.95. The van der Waals surface area contributed by atoms with E-state index in [1.807, 2.05) is 99.1 Å². The molecule has 0 fully saturated rings. The Morgan fingerprint density at radius 2 is 1.62 bits per heavy atom. The molecule has 0 radical (unpaired) electrons. The van der Waals surface area contributed by atoms with Crippen LogP contribution in [0.15, 0.2) is 66.7 Å². The van der Waals surface area contributed by atoms with Gasteiger partial charge >= 0.3 is 0 Å². The fourth-order valence-corrected chi connectivity index (χ4v) is 4.17. The van der Waals surface area contributed by atoms with Gasteiger partial charge in [0.25, 0.3) is 5.91 Å². The van der Waals surface area contributed by atoms with E-state index in [-0.39, 0.29) is 5.91 Å². The predicted molar refractivity (Wildman–Crippen MR) is 137 cm³/mol. The van der Waals surface area contributed by atoms with Crippen molar-refractivity contribution in [2.45, 2.75) is 40.8 Å². The summed E-state index contributed by atoms with van der Waals surface area (Å²) < 4.78 is 7.90. The van der Waals surface area contributed by atoms with Crippen molar-refractivity contribution in [1.29, 1.82) is 0 Å². The van der Waals surface area contributed by atoms with Gasteiger partial charge in [-0.1, -0.05) is 54.1 Å². The van der Waals surface area contributed by atoms with Crippen LogP contribution < -0.4 is 10.1 Å². The van der Waals surface area contributed by atoms with Gasteiger partial charge in [0.15, 0.2) is 0 Å². The van der Waals surface area contributed by atoms with Crippen LogP contribution in [-0.4, -0.2) is 15.7 Å². The second kappa shape index (κ2) is 10.1. The molecule has 4 aromatic rings. The van der Waals surface area contributed by atoms with E-state index >= 15 is 0 Å². The molecule has 174 valence electrons. The highest BCUT2D eigenvalue weighted by Crippen LogP contribution is 2.24. The minimum atomic E-state index is -0.171. The summed E-state index contributed by atoms with van der Waals surface area (Å²) in [5.41, 5.74) is 7.24. The lowest BCUT2D eigenvalue weighted by Crippen LogP contribution is -2.13. The van der Waals surface area contributed by atoms with Crippen LogP contribution >= 0.6 is 11.6 Å². The molecule has 0 bridgehead atoms. The van der Waals surface area contributed by atoms with Gasteiger partial charge in [-0.05, 0) is 74.2 Å². The number of hydrogen-bond acceptors (Lipinski definition) is 3. The van der Waals surface area contributed by atoms with Crippen LogP contribution in [0.2, 0.25) is 5.02 Å². The molecule has 1 aromatic heterocycles. The van der Waals surface area contributed by atoms with Crippen LogP contribution in [0.3, 0.4) is 0 Å². The van der Waals surface area contributed by atoms with Crippen molar-refractivity contribution in [3.63, 3.8) is 0 Å². The number of carbonyl (C=O) groups is 1. The Balaban J connectivity index is 1.42. The number of anilines is 1. The van der Waals surface area contributed by atoms with E-state index in [9.17, 15) is 4.79 Å². The van der Waals surface area contributed by atoms with Crippen LogP contribution in [-0.2, 0) is 13.2 Å². The summed E-state index contributed by atoms with van der Waals surface area (Å²) in [6.07, 6.45) is 0. The fourth-order valence-electron chi connectivity index (χ4n) is 3.96. The molecule has 4 rings (SSSR count). The maximum Gasteiger partial charge on any atom is 0.255 e. The average Bonchev–Trinajstić information content (AvgIpc) is 3.06. The Morgan fingerprint density at radius 3 is 2.29 bits per heavy atom. The van der Waals surface area contributed by atoms with Crippen LogP contribution in [0.4, 0.5) is 5.69 Å². The largest absolute Gasteiger partial charge is 0.488 e. The van der Waals surface area contributed by atoms with Crippen LogP contribution in [0.5, 0.6) is 5.75 Å². The van der Waals surface area contributed by atoms with Crippen molar-refractivity contribution < 1.29 is 9.53 Å². The first kappa shape index (κ1) is 23.6. The van der Waals surface area contributed by atoms with Gasteiger partial charge in [-0.3, -0.25) is 9.48 Å². The van der Waals surface area contributed by atoms with Crippen LogP contribution in [0, 0.1) is 27.7 Å².